The molecule has 0 aromatic heterocycles. The summed E-state index contributed by atoms with van der Waals surface area (Å²) in [6, 6.07) is 3.70. The fourth-order valence-electron chi connectivity index (χ4n) is 9.10. The second kappa shape index (κ2) is 11.2. The quantitative estimate of drug-likeness (QED) is 0.0752. The van der Waals surface area contributed by atoms with E-state index in [1.807, 2.05) is 54.5 Å². The maximum Gasteiger partial charge on any atom is 0.184 e. The zero-order valence-electron chi connectivity index (χ0n) is 27.9. The third kappa shape index (κ3) is 4.80. The molecule has 3 fully saturated rings. The number of aliphatic hydroxyl groups excluding tert-OH is 1. The van der Waals surface area contributed by atoms with Crippen molar-refractivity contribution in [1.82, 2.24) is 0 Å². The summed E-state index contributed by atoms with van der Waals surface area (Å²) in [6.45, 7) is 22.4. The first-order valence-corrected chi connectivity index (χ1v) is 15.8. The SMILES string of the molecule is C=C(C)[C@@H]1CC[C@H]2[C@@H](CC=C(C)C)C(C)(C)[C@]3(CC=C(C)C)C(=O)C(=C(O)c4ccc(O)c(O)c4)C(=O)[C@@]2(CC1(C)C)C3=O. The summed E-state index contributed by atoms with van der Waals surface area (Å²) in [7, 11) is 0. The molecule has 3 aliphatic rings. The Morgan fingerprint density at radius 1 is 0.909 bits per heavy atom. The molecule has 238 valence electrons. The first-order valence-electron chi connectivity index (χ1n) is 15.8. The van der Waals surface area contributed by atoms with Gasteiger partial charge in [-0.25, -0.2) is 0 Å². The molecule has 0 aliphatic heterocycles. The molecule has 5 atom stereocenters. The van der Waals surface area contributed by atoms with Crippen molar-refractivity contribution in [1.29, 1.82) is 0 Å². The number of Topliss-reactive ketones (excluding diaryl/α,β-unsaturated/α-hetero) is 3. The van der Waals surface area contributed by atoms with Crippen LogP contribution < -0.4 is 0 Å². The van der Waals surface area contributed by atoms with E-state index in [2.05, 4.69) is 26.5 Å². The number of phenols is 2. The molecule has 1 aromatic carbocycles. The maximum atomic E-state index is 15.5. The number of aliphatic hydroxyl groups is 1. The van der Waals surface area contributed by atoms with Crippen molar-refractivity contribution in [3.8, 4) is 11.5 Å². The fourth-order valence-corrected chi connectivity index (χ4v) is 9.10. The number of rotatable bonds is 6. The first kappa shape index (κ1) is 33.5. The summed E-state index contributed by atoms with van der Waals surface area (Å²) in [5.41, 5.74) is -1.75. The standard InChI is InChI=1S/C38H50O6/c1-21(2)11-13-26-27-15-14-25(23(5)6)35(7,8)20-37(27)32(42)30(31(41)24-12-16-28(39)29(40)19-24)33(43)38(34(37)44,36(26,9)10)18-17-22(3)4/h11-12,16-17,19,25-27,39-41H,5,13-15,18,20H2,1-4,6-10H3/t25-,26+,27-,37-,38+/m0/s1. The monoisotopic (exact) mass is 602 g/mol. The number of fused-ring (bicyclic) bond motifs is 1. The number of allylic oxidation sites excluding steroid dienone is 6. The van der Waals surface area contributed by atoms with E-state index in [4.69, 9.17) is 0 Å². The minimum atomic E-state index is -1.60. The van der Waals surface area contributed by atoms with Gasteiger partial charge in [0.15, 0.2) is 28.8 Å². The summed E-state index contributed by atoms with van der Waals surface area (Å²) >= 11 is 0. The Morgan fingerprint density at radius 2 is 1.52 bits per heavy atom. The van der Waals surface area contributed by atoms with Gasteiger partial charge in [-0.15, -0.1) is 0 Å². The van der Waals surface area contributed by atoms with Crippen LogP contribution in [0.4, 0.5) is 0 Å². The van der Waals surface area contributed by atoms with Gasteiger partial charge in [-0.2, -0.15) is 0 Å². The number of carbonyl (C=O) groups is 3. The van der Waals surface area contributed by atoms with E-state index in [1.165, 1.54) is 12.1 Å². The van der Waals surface area contributed by atoms with Crippen molar-refractivity contribution < 1.29 is 29.7 Å². The van der Waals surface area contributed by atoms with E-state index in [9.17, 15) is 15.3 Å². The minimum Gasteiger partial charge on any atom is -0.506 e. The molecule has 6 nitrogen and oxygen atoms in total. The van der Waals surface area contributed by atoms with Crippen LogP contribution >= 0.6 is 0 Å². The molecule has 44 heavy (non-hydrogen) atoms. The van der Waals surface area contributed by atoms with E-state index >= 15 is 14.4 Å². The average Bonchev–Trinajstić information content (AvgIpc) is 3.02. The largest absolute Gasteiger partial charge is 0.506 e. The summed E-state index contributed by atoms with van der Waals surface area (Å²) in [4.78, 5) is 45.6. The van der Waals surface area contributed by atoms with Gasteiger partial charge in [0.05, 0.1) is 5.41 Å². The molecule has 4 rings (SSSR count). The maximum absolute atomic E-state index is 15.5. The molecular weight excluding hydrogens is 552 g/mol. The third-order valence-electron chi connectivity index (χ3n) is 11.3. The molecule has 3 N–H and O–H groups in total. The van der Waals surface area contributed by atoms with E-state index < -0.39 is 50.5 Å². The number of ketones is 3. The fraction of sp³-hybridized carbons (Fsp3) is 0.553. The van der Waals surface area contributed by atoms with Gasteiger partial charge in [0.1, 0.15) is 16.7 Å². The number of hydrogen-bond donors (Lipinski definition) is 3. The van der Waals surface area contributed by atoms with E-state index in [1.54, 1.807) is 0 Å². The van der Waals surface area contributed by atoms with E-state index in [0.29, 0.717) is 12.8 Å². The van der Waals surface area contributed by atoms with Crippen LogP contribution in [0.2, 0.25) is 0 Å². The Kier molecular flexibility index (Phi) is 8.51. The Balaban J connectivity index is 2.17. The predicted octanol–water partition coefficient (Wildman–Crippen LogP) is 8.45. The average molecular weight is 603 g/mol. The second-order valence-electron chi connectivity index (χ2n) is 15.4. The van der Waals surface area contributed by atoms with Crippen LogP contribution in [0.1, 0.15) is 100.0 Å². The van der Waals surface area contributed by atoms with Crippen LogP contribution in [0.25, 0.3) is 5.76 Å². The summed E-state index contributed by atoms with van der Waals surface area (Å²) in [6.07, 6.45) is 6.44. The van der Waals surface area contributed by atoms with E-state index in [0.717, 1.165) is 29.2 Å². The van der Waals surface area contributed by atoms with Crippen molar-refractivity contribution in [3.05, 3.63) is 64.8 Å². The Hall–Kier alpha value is -3.41. The molecule has 0 amide bonds. The Morgan fingerprint density at radius 3 is 2.07 bits per heavy atom. The molecule has 1 aromatic rings. The molecule has 3 aliphatic carbocycles. The third-order valence-corrected chi connectivity index (χ3v) is 11.3. The smallest absolute Gasteiger partial charge is 0.184 e. The zero-order chi connectivity index (χ0) is 33.2. The van der Waals surface area contributed by atoms with Crippen molar-refractivity contribution in [2.45, 2.75) is 94.4 Å². The van der Waals surface area contributed by atoms with Crippen LogP contribution in [-0.2, 0) is 14.4 Å². The van der Waals surface area contributed by atoms with Crippen LogP contribution in [0.5, 0.6) is 11.5 Å². The van der Waals surface area contributed by atoms with Gasteiger partial charge >= 0.3 is 0 Å². The molecule has 3 saturated carbocycles. The lowest BCUT2D eigenvalue weighted by Crippen LogP contribution is -2.73. The van der Waals surface area contributed by atoms with Gasteiger partial charge in [-0.1, -0.05) is 63.1 Å². The van der Waals surface area contributed by atoms with Crippen LogP contribution in [0.15, 0.2) is 59.2 Å². The molecular formula is C38H50O6. The van der Waals surface area contributed by atoms with Crippen molar-refractivity contribution in [2.75, 3.05) is 0 Å². The number of hydrogen-bond acceptors (Lipinski definition) is 6. The van der Waals surface area contributed by atoms with Crippen molar-refractivity contribution >= 4 is 23.1 Å². The Labute approximate surface area is 262 Å². The highest BCUT2D eigenvalue weighted by Crippen LogP contribution is 2.71. The highest BCUT2D eigenvalue weighted by molar-refractivity contribution is 6.41. The highest BCUT2D eigenvalue weighted by Gasteiger charge is 2.77. The minimum absolute atomic E-state index is 0.0290. The molecule has 1 spiro atoms. The van der Waals surface area contributed by atoms with Gasteiger partial charge in [0.25, 0.3) is 0 Å². The summed E-state index contributed by atoms with van der Waals surface area (Å²) in [5, 5.41) is 31.9. The topological polar surface area (TPSA) is 112 Å². The zero-order valence-corrected chi connectivity index (χ0v) is 27.9. The van der Waals surface area contributed by atoms with Gasteiger partial charge in [0, 0.05) is 5.56 Å². The number of phenolic OH excluding ortho intramolecular Hbond substituents is 2. The lowest BCUT2D eigenvalue weighted by molar-refractivity contribution is -0.188. The van der Waals surface area contributed by atoms with Gasteiger partial charge in [-0.05, 0) is 114 Å². The molecule has 0 saturated heterocycles. The predicted molar refractivity (Wildman–Crippen MR) is 174 cm³/mol. The lowest BCUT2D eigenvalue weighted by Gasteiger charge is -2.64. The molecule has 2 bridgehead atoms. The molecule has 0 radical (unpaired) electrons. The number of aromatic hydroxyl groups is 2. The molecule has 0 heterocycles. The van der Waals surface area contributed by atoms with E-state index in [-0.39, 0.29) is 47.5 Å². The molecule has 6 heteroatoms. The second-order valence-corrected chi connectivity index (χ2v) is 15.4. The summed E-state index contributed by atoms with van der Waals surface area (Å²) < 4.78 is 0. The van der Waals surface area contributed by atoms with Gasteiger partial charge < -0.3 is 15.3 Å². The van der Waals surface area contributed by atoms with Crippen molar-refractivity contribution in [2.24, 2.45) is 39.4 Å². The first-order chi connectivity index (χ1) is 20.3. The van der Waals surface area contributed by atoms with Crippen molar-refractivity contribution in [3.63, 3.8) is 0 Å². The number of benzene rings is 1. The van der Waals surface area contributed by atoms with Gasteiger partial charge in [0.2, 0.25) is 0 Å². The van der Waals surface area contributed by atoms with Crippen LogP contribution in [0, 0.1) is 39.4 Å². The normalized spacial score (nSPS) is 31.8. The van der Waals surface area contributed by atoms with Crippen LogP contribution in [0.3, 0.4) is 0 Å². The highest BCUT2D eigenvalue weighted by atomic mass is 16.3. The van der Waals surface area contributed by atoms with Crippen LogP contribution in [-0.4, -0.2) is 32.7 Å². The van der Waals surface area contributed by atoms with Gasteiger partial charge in [-0.3, -0.25) is 14.4 Å². The summed E-state index contributed by atoms with van der Waals surface area (Å²) in [5.74, 6) is -3.50. The number of carbonyl (C=O) groups excluding carboxylic acids is 3. The molecule has 0 unspecified atom stereocenters. The lowest BCUT2D eigenvalue weighted by atomic mass is 9.35. The Bertz CT molecular complexity index is 1510.